The van der Waals surface area contributed by atoms with Gasteiger partial charge in [0.15, 0.2) is 5.75 Å². The Hall–Kier alpha value is -2.81. The Bertz CT molecular complexity index is 1010. The van der Waals surface area contributed by atoms with Gasteiger partial charge in [0.1, 0.15) is 11.4 Å². The van der Waals surface area contributed by atoms with Crippen molar-refractivity contribution < 1.29 is 9.94 Å². The SMILES string of the molecule is CCN(OC)Sc1cccc(Nc2c(NCc3ccccc3)c(=O)c2=O)c1O. The van der Waals surface area contributed by atoms with E-state index in [9.17, 15) is 14.7 Å². The van der Waals surface area contributed by atoms with Gasteiger partial charge >= 0.3 is 0 Å². The van der Waals surface area contributed by atoms with Gasteiger partial charge in [0.2, 0.25) is 0 Å². The van der Waals surface area contributed by atoms with E-state index in [0.717, 1.165) is 5.56 Å². The Labute approximate surface area is 166 Å². The molecule has 0 saturated carbocycles. The zero-order chi connectivity index (χ0) is 20.1. The van der Waals surface area contributed by atoms with E-state index >= 15 is 0 Å². The van der Waals surface area contributed by atoms with E-state index in [-0.39, 0.29) is 17.1 Å². The molecule has 7 nitrogen and oxygen atoms in total. The molecule has 3 N–H and O–H groups in total. The fourth-order valence-corrected chi connectivity index (χ4v) is 3.40. The molecule has 0 heterocycles. The maximum Gasteiger partial charge on any atom is 0.253 e. The molecule has 0 saturated heterocycles. The molecule has 0 aliphatic rings. The van der Waals surface area contributed by atoms with Crippen LogP contribution in [0.4, 0.5) is 17.1 Å². The fraction of sp³-hybridized carbons (Fsp3) is 0.200. The molecule has 0 radical (unpaired) electrons. The highest BCUT2D eigenvalue weighted by Crippen LogP contribution is 2.38. The number of hydroxylamine groups is 1. The summed E-state index contributed by atoms with van der Waals surface area (Å²) in [6.45, 7) is 2.95. The van der Waals surface area contributed by atoms with Crippen LogP contribution in [0.2, 0.25) is 0 Å². The lowest BCUT2D eigenvalue weighted by atomic mass is 10.1. The van der Waals surface area contributed by atoms with Crippen molar-refractivity contribution in [3.63, 3.8) is 0 Å². The summed E-state index contributed by atoms with van der Waals surface area (Å²) in [5.41, 5.74) is 0.518. The van der Waals surface area contributed by atoms with Crippen molar-refractivity contribution in [2.24, 2.45) is 0 Å². The highest BCUT2D eigenvalue weighted by molar-refractivity contribution is 7.97. The summed E-state index contributed by atoms with van der Waals surface area (Å²) in [7, 11) is 1.55. The minimum atomic E-state index is -0.611. The van der Waals surface area contributed by atoms with Crippen molar-refractivity contribution in [3.8, 4) is 5.75 Å². The van der Waals surface area contributed by atoms with Gasteiger partial charge in [0.05, 0.1) is 17.7 Å². The quantitative estimate of drug-likeness (QED) is 0.219. The molecule has 8 heteroatoms. The molecule has 3 aromatic rings. The van der Waals surface area contributed by atoms with Crippen molar-refractivity contribution in [1.29, 1.82) is 0 Å². The van der Waals surface area contributed by atoms with E-state index in [1.807, 2.05) is 37.3 Å². The van der Waals surface area contributed by atoms with Crippen molar-refractivity contribution in [2.45, 2.75) is 18.4 Å². The second-order valence-corrected chi connectivity index (χ2v) is 6.98. The summed E-state index contributed by atoms with van der Waals surface area (Å²) in [4.78, 5) is 29.7. The van der Waals surface area contributed by atoms with Gasteiger partial charge in [-0.25, -0.2) is 0 Å². The van der Waals surface area contributed by atoms with Crippen molar-refractivity contribution in [1.82, 2.24) is 4.47 Å². The number of anilines is 3. The Balaban J connectivity index is 1.78. The van der Waals surface area contributed by atoms with Crippen LogP contribution in [-0.4, -0.2) is 23.2 Å². The van der Waals surface area contributed by atoms with Gasteiger partial charge in [-0.1, -0.05) is 36.4 Å². The Morgan fingerprint density at radius 3 is 2.43 bits per heavy atom. The molecular weight excluding hydrogens is 378 g/mol. The van der Waals surface area contributed by atoms with E-state index in [1.165, 1.54) is 11.9 Å². The Morgan fingerprint density at radius 1 is 1.04 bits per heavy atom. The number of phenols is 1. The third-order valence-corrected chi connectivity index (χ3v) is 5.28. The first-order chi connectivity index (χ1) is 13.5. The lowest BCUT2D eigenvalue weighted by molar-refractivity contribution is -0.0333. The molecule has 0 amide bonds. The van der Waals surface area contributed by atoms with E-state index in [4.69, 9.17) is 4.84 Å². The maximum atomic E-state index is 12.0. The predicted octanol–water partition coefficient (Wildman–Crippen LogP) is 3.23. The summed E-state index contributed by atoms with van der Waals surface area (Å²) >= 11 is 1.23. The minimum Gasteiger partial charge on any atom is -0.505 e. The van der Waals surface area contributed by atoms with Crippen LogP contribution >= 0.6 is 11.9 Å². The third kappa shape index (κ3) is 4.19. The summed E-state index contributed by atoms with van der Waals surface area (Å²) in [6, 6.07) is 14.7. The van der Waals surface area contributed by atoms with Gasteiger partial charge in [-0.2, -0.15) is 0 Å². The van der Waals surface area contributed by atoms with Gasteiger partial charge in [-0.05, 0) is 36.6 Å². The number of nitrogens with one attached hydrogen (secondary N) is 2. The zero-order valence-electron chi connectivity index (χ0n) is 15.6. The molecule has 0 aliphatic carbocycles. The van der Waals surface area contributed by atoms with Gasteiger partial charge < -0.3 is 15.7 Å². The van der Waals surface area contributed by atoms with Crippen LogP contribution in [0, 0.1) is 0 Å². The molecule has 146 valence electrons. The molecule has 0 aromatic heterocycles. The number of nitrogens with zero attached hydrogens (tertiary/aromatic N) is 1. The molecule has 0 aliphatic heterocycles. The first kappa shape index (κ1) is 19.9. The Kier molecular flexibility index (Phi) is 6.35. The highest BCUT2D eigenvalue weighted by Gasteiger charge is 2.22. The molecule has 0 unspecified atom stereocenters. The summed E-state index contributed by atoms with van der Waals surface area (Å²) in [5, 5.41) is 16.4. The largest absolute Gasteiger partial charge is 0.505 e. The zero-order valence-corrected chi connectivity index (χ0v) is 16.4. The second kappa shape index (κ2) is 8.92. The van der Waals surface area contributed by atoms with E-state index in [1.54, 1.807) is 29.8 Å². The van der Waals surface area contributed by atoms with Gasteiger partial charge in [0.25, 0.3) is 10.9 Å². The number of para-hydroxylation sites is 1. The van der Waals surface area contributed by atoms with Crippen LogP contribution in [0.15, 0.2) is 63.0 Å². The Morgan fingerprint density at radius 2 is 1.75 bits per heavy atom. The number of aromatic hydroxyl groups is 1. The van der Waals surface area contributed by atoms with Crippen LogP contribution in [-0.2, 0) is 11.4 Å². The first-order valence-corrected chi connectivity index (χ1v) is 9.52. The van der Waals surface area contributed by atoms with Crippen molar-refractivity contribution in [3.05, 3.63) is 74.5 Å². The van der Waals surface area contributed by atoms with Gasteiger partial charge in [0, 0.05) is 13.1 Å². The molecule has 3 aromatic carbocycles. The average Bonchev–Trinajstić information content (AvgIpc) is 2.73. The normalized spacial score (nSPS) is 11.1. The van der Waals surface area contributed by atoms with Crippen LogP contribution in [0.1, 0.15) is 12.5 Å². The first-order valence-electron chi connectivity index (χ1n) is 8.74. The molecule has 0 bridgehead atoms. The molecule has 3 rings (SSSR count). The van der Waals surface area contributed by atoms with Crippen molar-refractivity contribution >= 4 is 29.0 Å². The van der Waals surface area contributed by atoms with E-state index in [2.05, 4.69) is 10.6 Å². The number of hydrogen-bond acceptors (Lipinski definition) is 8. The lowest BCUT2D eigenvalue weighted by Gasteiger charge is -2.19. The van der Waals surface area contributed by atoms with Crippen LogP contribution in [0.25, 0.3) is 0 Å². The molecular formula is C20H21N3O4S. The standard InChI is InChI=1S/C20H21N3O4S/c1-3-23(27-2)28-15-11-7-10-14(18(15)24)22-17-16(19(25)20(17)26)21-12-13-8-5-4-6-9-13/h4-11,21-22,24H,3,12H2,1-2H3. The van der Waals surface area contributed by atoms with Gasteiger partial charge in [-0.3, -0.25) is 14.4 Å². The molecule has 28 heavy (non-hydrogen) atoms. The van der Waals surface area contributed by atoms with E-state index < -0.39 is 10.9 Å². The van der Waals surface area contributed by atoms with Crippen molar-refractivity contribution in [2.75, 3.05) is 24.3 Å². The molecule has 0 fully saturated rings. The minimum absolute atomic E-state index is 0.0231. The third-order valence-electron chi connectivity index (χ3n) is 4.14. The number of rotatable bonds is 9. The second-order valence-electron chi connectivity index (χ2n) is 5.95. The topological polar surface area (TPSA) is 90.9 Å². The van der Waals surface area contributed by atoms with Gasteiger partial charge in [-0.15, -0.1) is 4.47 Å². The molecule has 0 atom stereocenters. The monoisotopic (exact) mass is 399 g/mol. The molecule has 0 spiro atoms. The number of benzene rings is 2. The fourth-order valence-electron chi connectivity index (χ4n) is 2.64. The highest BCUT2D eigenvalue weighted by atomic mass is 32.2. The average molecular weight is 399 g/mol. The van der Waals surface area contributed by atoms with E-state index in [0.29, 0.717) is 23.7 Å². The summed E-state index contributed by atoms with van der Waals surface area (Å²) < 4.78 is 1.60. The number of hydrogen-bond donors (Lipinski definition) is 3. The lowest BCUT2D eigenvalue weighted by Crippen LogP contribution is -2.36. The maximum absolute atomic E-state index is 12.0. The summed E-state index contributed by atoms with van der Waals surface area (Å²) in [6.07, 6.45) is 0. The number of phenolic OH excluding ortho intramolecular Hbond substituents is 1. The van der Waals surface area contributed by atoms with Crippen LogP contribution in [0.5, 0.6) is 5.75 Å². The van der Waals surface area contributed by atoms with Crippen LogP contribution < -0.4 is 21.5 Å². The smallest absolute Gasteiger partial charge is 0.253 e. The summed E-state index contributed by atoms with van der Waals surface area (Å²) in [5.74, 6) is -0.0231. The van der Waals surface area contributed by atoms with Crippen LogP contribution in [0.3, 0.4) is 0 Å². The predicted molar refractivity (Wildman–Crippen MR) is 112 cm³/mol.